The number of ketones is 1. The molecule has 14 nitrogen and oxygen atoms in total. The molecule has 0 radical (unpaired) electrons. The third kappa shape index (κ3) is 12.0. The van der Waals surface area contributed by atoms with E-state index in [0.29, 0.717) is 18.4 Å². The lowest BCUT2D eigenvalue weighted by molar-refractivity contribution is -0.144. The first-order valence-corrected chi connectivity index (χ1v) is 20.7. The molecule has 56 heavy (non-hydrogen) atoms. The number of rotatable bonds is 17. The van der Waals surface area contributed by atoms with Crippen LogP contribution in [-0.4, -0.2) is 107 Å². The smallest absolute Gasteiger partial charge is 0.315 e. The number of amides is 7. The Balaban J connectivity index is 1.50. The number of likely N-dealkylation sites (N-methyl/N-ethyl adjacent to an activating group) is 1. The molecule has 1 heterocycles. The summed E-state index contributed by atoms with van der Waals surface area (Å²) in [5, 5.41) is 13.6. The molecule has 5 atom stereocenters. The molecular weight excluding hydrogens is 761 g/mol. The van der Waals surface area contributed by atoms with E-state index in [4.69, 9.17) is 23.2 Å². The molecule has 310 valence electrons. The first kappa shape index (κ1) is 44.8. The van der Waals surface area contributed by atoms with Gasteiger partial charge in [-0.15, -0.1) is 23.2 Å². The zero-order valence-electron chi connectivity index (χ0n) is 33.2. The summed E-state index contributed by atoms with van der Waals surface area (Å²) in [6, 6.07) is 3.83. The number of hydrogen-bond donors (Lipinski definition) is 5. The molecule has 0 bridgehead atoms. The van der Waals surface area contributed by atoms with E-state index in [0.717, 1.165) is 51.4 Å². The number of alkyl halides is 2. The number of halogens is 2. The number of likely N-dealkylation sites (tertiary alicyclic amines) is 1. The zero-order valence-corrected chi connectivity index (χ0v) is 34.7. The average molecular weight is 821 g/mol. The van der Waals surface area contributed by atoms with Gasteiger partial charge in [-0.2, -0.15) is 0 Å². The van der Waals surface area contributed by atoms with Crippen molar-refractivity contribution in [2.75, 3.05) is 27.2 Å². The standard InChI is InChI=1S/C40H59Cl2N7O7/c1-6-40(2,3)47-39(56)46-31(26-18-11-8-12-19-26)38(55)49-21-20-27(34(41)42)32(49)35(52)44-28(22-24-14-13-15-24)33(51)36(53)43-23-29(50)45-30(37(54)48(4)5)25-16-9-7-10-17-25/h7,9-10,16-17,24,26-28,30-32,34H,6,8,11-15,18-23H2,1-5H3,(H,43,53)(H,44,52)(H,45,50)(H2,46,47,56). The molecule has 1 aromatic carbocycles. The van der Waals surface area contributed by atoms with Crippen LogP contribution in [0.4, 0.5) is 4.79 Å². The minimum Gasteiger partial charge on any atom is -0.347 e. The molecule has 1 aliphatic heterocycles. The molecule has 1 aromatic rings. The molecule has 0 spiro atoms. The highest BCUT2D eigenvalue weighted by Crippen LogP contribution is 2.36. The number of benzene rings is 1. The second kappa shape index (κ2) is 20.5. The van der Waals surface area contributed by atoms with Crippen molar-refractivity contribution in [3.8, 4) is 0 Å². The maximum Gasteiger partial charge on any atom is 0.315 e. The fourth-order valence-electron chi connectivity index (χ4n) is 7.62. The summed E-state index contributed by atoms with van der Waals surface area (Å²) < 4.78 is 0. The fraction of sp³-hybridized carbons (Fsp3) is 0.675. The molecule has 3 fully saturated rings. The first-order valence-electron chi connectivity index (χ1n) is 19.9. The highest BCUT2D eigenvalue weighted by atomic mass is 35.5. The van der Waals surface area contributed by atoms with Crippen LogP contribution in [0.5, 0.6) is 0 Å². The molecule has 2 saturated carbocycles. The van der Waals surface area contributed by atoms with Crippen molar-refractivity contribution in [2.24, 2.45) is 17.8 Å². The predicted molar refractivity (Wildman–Crippen MR) is 213 cm³/mol. The van der Waals surface area contributed by atoms with Crippen LogP contribution < -0.4 is 26.6 Å². The van der Waals surface area contributed by atoms with Crippen molar-refractivity contribution in [3.63, 3.8) is 0 Å². The van der Waals surface area contributed by atoms with Gasteiger partial charge in [0.05, 0.1) is 12.6 Å². The maximum atomic E-state index is 14.5. The van der Waals surface area contributed by atoms with E-state index in [9.17, 15) is 33.6 Å². The third-order valence-corrected chi connectivity index (χ3v) is 12.2. The molecule has 0 aromatic heterocycles. The van der Waals surface area contributed by atoms with Gasteiger partial charge >= 0.3 is 6.03 Å². The van der Waals surface area contributed by atoms with E-state index in [1.54, 1.807) is 44.4 Å². The monoisotopic (exact) mass is 819 g/mol. The van der Waals surface area contributed by atoms with Crippen LogP contribution in [-0.2, 0) is 28.8 Å². The van der Waals surface area contributed by atoms with Crippen molar-refractivity contribution in [1.82, 2.24) is 36.4 Å². The summed E-state index contributed by atoms with van der Waals surface area (Å²) in [6.45, 7) is 5.30. The molecule has 7 amide bonds. The Morgan fingerprint density at radius 2 is 1.54 bits per heavy atom. The molecule has 3 aliphatic rings. The van der Waals surface area contributed by atoms with Crippen LogP contribution in [0.25, 0.3) is 0 Å². The minimum atomic E-state index is -1.25. The van der Waals surface area contributed by atoms with Gasteiger partial charge in [0.25, 0.3) is 5.91 Å². The zero-order chi connectivity index (χ0) is 41.2. The molecule has 1 saturated heterocycles. The van der Waals surface area contributed by atoms with E-state index in [1.165, 1.54) is 9.80 Å². The Morgan fingerprint density at radius 3 is 2.11 bits per heavy atom. The number of nitrogens with zero attached hydrogens (tertiary/aromatic N) is 2. The summed E-state index contributed by atoms with van der Waals surface area (Å²) >= 11 is 12.8. The van der Waals surface area contributed by atoms with E-state index >= 15 is 0 Å². The number of urea groups is 1. The fourth-order valence-corrected chi connectivity index (χ4v) is 8.15. The lowest BCUT2D eigenvalue weighted by Gasteiger charge is -2.37. The van der Waals surface area contributed by atoms with Gasteiger partial charge in [0.1, 0.15) is 23.0 Å². The molecule has 5 unspecified atom stereocenters. The topological polar surface area (TPSA) is 186 Å². The minimum absolute atomic E-state index is 0.0840. The van der Waals surface area contributed by atoms with E-state index in [1.807, 2.05) is 20.8 Å². The summed E-state index contributed by atoms with van der Waals surface area (Å²) in [4.78, 5) is 96.6. The first-order chi connectivity index (χ1) is 26.5. The second-order valence-corrected chi connectivity index (χ2v) is 17.4. The van der Waals surface area contributed by atoms with Crippen molar-refractivity contribution in [3.05, 3.63) is 35.9 Å². The van der Waals surface area contributed by atoms with Gasteiger partial charge in [0, 0.05) is 32.1 Å². The van der Waals surface area contributed by atoms with Crippen LogP contribution in [0.2, 0.25) is 0 Å². The maximum absolute atomic E-state index is 14.5. The Bertz CT molecular complexity index is 1570. The van der Waals surface area contributed by atoms with E-state index in [2.05, 4.69) is 26.6 Å². The number of nitrogens with one attached hydrogen (secondary N) is 5. The van der Waals surface area contributed by atoms with Gasteiger partial charge < -0.3 is 36.4 Å². The largest absolute Gasteiger partial charge is 0.347 e. The predicted octanol–water partition coefficient (Wildman–Crippen LogP) is 3.75. The second-order valence-electron chi connectivity index (χ2n) is 16.3. The van der Waals surface area contributed by atoms with E-state index < -0.39 is 82.4 Å². The lowest BCUT2D eigenvalue weighted by atomic mass is 9.80. The number of hydrogen-bond acceptors (Lipinski definition) is 7. The molecule has 2 aliphatic carbocycles. The molecule has 16 heteroatoms. The van der Waals surface area contributed by atoms with Crippen molar-refractivity contribution in [1.29, 1.82) is 0 Å². The van der Waals surface area contributed by atoms with Gasteiger partial charge in [0.15, 0.2) is 0 Å². The van der Waals surface area contributed by atoms with Gasteiger partial charge in [-0.05, 0) is 63.4 Å². The average Bonchev–Trinajstić information content (AvgIpc) is 3.61. The molecule has 5 N–H and O–H groups in total. The Labute approximate surface area is 340 Å². The van der Waals surface area contributed by atoms with Crippen molar-refractivity contribution < 1.29 is 33.6 Å². The Kier molecular flexibility index (Phi) is 16.4. The Hall–Kier alpha value is -3.91. The third-order valence-electron chi connectivity index (χ3n) is 11.5. The molecule has 4 rings (SSSR count). The van der Waals surface area contributed by atoms with Crippen molar-refractivity contribution in [2.45, 2.75) is 126 Å². The quantitative estimate of drug-likeness (QED) is 0.117. The summed E-state index contributed by atoms with van der Waals surface area (Å²) in [5.41, 5.74) is 0.0348. The number of carbonyl (C=O) groups is 7. The summed E-state index contributed by atoms with van der Waals surface area (Å²) in [6.07, 6.45) is 8.08. The van der Waals surface area contributed by atoms with Crippen LogP contribution in [0, 0.1) is 17.8 Å². The number of Topliss-reactive ketones (excluding diaryl/α,β-unsaturated/α-hetero) is 1. The highest BCUT2D eigenvalue weighted by molar-refractivity contribution is 6.44. The highest BCUT2D eigenvalue weighted by Gasteiger charge is 2.48. The lowest BCUT2D eigenvalue weighted by Crippen LogP contribution is -2.61. The number of carbonyl (C=O) groups excluding carboxylic acids is 7. The van der Waals surface area contributed by atoms with Gasteiger partial charge in [-0.3, -0.25) is 28.8 Å². The van der Waals surface area contributed by atoms with Crippen LogP contribution >= 0.6 is 23.2 Å². The SMILES string of the molecule is CCC(C)(C)NC(=O)NC(C(=O)N1CCC(C(Cl)Cl)C1C(=O)NC(CC1CCC1)C(=O)C(=O)NCC(=O)NC(C(=O)N(C)C)c1ccccc1)C1CCCCC1. The normalized spacial score (nSPS) is 20.5. The van der Waals surface area contributed by atoms with Crippen LogP contribution in [0.1, 0.15) is 103 Å². The van der Waals surface area contributed by atoms with E-state index in [-0.39, 0.29) is 30.7 Å². The molecular formula is C40H59Cl2N7O7. The summed E-state index contributed by atoms with van der Waals surface area (Å²) in [5.74, 6) is -4.94. The van der Waals surface area contributed by atoms with Crippen LogP contribution in [0.3, 0.4) is 0 Å². The van der Waals surface area contributed by atoms with Gasteiger partial charge in [-0.1, -0.05) is 75.8 Å². The van der Waals surface area contributed by atoms with Gasteiger partial charge in [-0.25, -0.2) is 4.79 Å². The Morgan fingerprint density at radius 1 is 0.875 bits per heavy atom. The summed E-state index contributed by atoms with van der Waals surface area (Å²) in [7, 11) is 3.12. The van der Waals surface area contributed by atoms with Gasteiger partial charge in [0.2, 0.25) is 29.4 Å². The van der Waals surface area contributed by atoms with Crippen LogP contribution in [0.15, 0.2) is 30.3 Å². The van der Waals surface area contributed by atoms with Crippen molar-refractivity contribution >= 4 is 64.6 Å².